The zero-order chi connectivity index (χ0) is 23.0. The summed E-state index contributed by atoms with van der Waals surface area (Å²) in [7, 11) is 0. The topological polar surface area (TPSA) is 46.5 Å². The van der Waals surface area contributed by atoms with Gasteiger partial charge in [0.25, 0.3) is 0 Å². The Morgan fingerprint density at radius 2 is 1.66 bits per heavy atom. The van der Waals surface area contributed by atoms with E-state index < -0.39 is 35.0 Å². The van der Waals surface area contributed by atoms with Gasteiger partial charge < -0.3 is 9.84 Å². The second-order valence-electron chi connectivity index (χ2n) is 6.92. The van der Waals surface area contributed by atoms with Crippen LogP contribution in [0.5, 0.6) is 0 Å². The Labute approximate surface area is 184 Å². The number of alkyl halides is 3. The third-order valence-electron chi connectivity index (χ3n) is 4.83. The predicted molar refractivity (Wildman–Crippen MR) is 112 cm³/mol. The van der Waals surface area contributed by atoms with E-state index in [0.29, 0.717) is 11.1 Å². The molecule has 0 saturated heterocycles. The van der Waals surface area contributed by atoms with Crippen molar-refractivity contribution in [3.8, 4) is 11.1 Å². The van der Waals surface area contributed by atoms with E-state index in [0.717, 1.165) is 30.3 Å². The number of ether oxygens (including phenoxy) is 1. The van der Waals surface area contributed by atoms with Crippen LogP contribution in [-0.2, 0) is 15.7 Å². The number of carbonyl (C=O) groups is 1. The maximum atomic E-state index is 14.7. The second kappa shape index (κ2) is 8.16. The summed E-state index contributed by atoms with van der Waals surface area (Å²) in [5.74, 6) is -2.61. The van der Waals surface area contributed by atoms with E-state index in [1.807, 2.05) is 0 Å². The summed E-state index contributed by atoms with van der Waals surface area (Å²) >= 11 is 5.96. The van der Waals surface area contributed by atoms with Crippen LogP contribution in [0.3, 0.4) is 0 Å². The van der Waals surface area contributed by atoms with Gasteiger partial charge >= 0.3 is 12.1 Å². The second-order valence-corrected chi connectivity index (χ2v) is 7.32. The van der Waals surface area contributed by atoms with Crippen molar-refractivity contribution in [2.45, 2.75) is 6.18 Å². The Morgan fingerprint density at radius 3 is 2.31 bits per heavy atom. The molecule has 0 saturated carbocycles. The van der Waals surface area contributed by atoms with E-state index in [4.69, 9.17) is 16.3 Å². The van der Waals surface area contributed by atoms with Crippen LogP contribution in [-0.4, -0.2) is 11.1 Å². The zero-order valence-corrected chi connectivity index (χ0v) is 16.8. The van der Waals surface area contributed by atoms with Crippen molar-refractivity contribution in [1.29, 1.82) is 0 Å². The molecule has 0 radical (unpaired) electrons. The molecule has 0 atom stereocenters. The van der Waals surface area contributed by atoms with Crippen molar-refractivity contribution in [2.24, 2.45) is 0 Å². The lowest BCUT2D eigenvalue weighted by Gasteiger charge is -2.08. The molecular weight excluding hydrogens is 448 g/mol. The fourth-order valence-electron chi connectivity index (χ4n) is 3.27. The third kappa shape index (κ3) is 4.11. The van der Waals surface area contributed by atoms with Crippen molar-refractivity contribution in [3.05, 3.63) is 106 Å². The fourth-order valence-corrected chi connectivity index (χ4v) is 3.44. The molecule has 8 heteroatoms. The molecule has 1 aliphatic heterocycles. The van der Waals surface area contributed by atoms with E-state index in [-0.39, 0.29) is 21.7 Å². The minimum absolute atomic E-state index is 0.0407. The Bertz CT molecular complexity index is 1280. The summed E-state index contributed by atoms with van der Waals surface area (Å²) in [5, 5.41) is 10.5. The molecule has 3 aromatic rings. The molecule has 0 bridgehead atoms. The van der Waals surface area contributed by atoms with Crippen LogP contribution in [0.2, 0.25) is 5.02 Å². The lowest BCUT2D eigenvalue weighted by Crippen LogP contribution is -2.05. The summed E-state index contributed by atoms with van der Waals surface area (Å²) in [6, 6.07) is 15.3. The number of carbonyl (C=O) groups excluding carboxylic acids is 1. The normalized spacial score (nSPS) is 15.4. The monoisotopic (exact) mass is 460 g/mol. The Balaban J connectivity index is 1.74. The number of rotatable bonds is 3. The van der Waals surface area contributed by atoms with Gasteiger partial charge in [0.05, 0.1) is 5.56 Å². The molecule has 3 aromatic carbocycles. The first-order valence-electron chi connectivity index (χ1n) is 9.24. The number of aliphatic hydroxyl groups is 1. The lowest BCUT2D eigenvalue weighted by molar-refractivity contribution is -0.137. The van der Waals surface area contributed by atoms with Gasteiger partial charge in [0.15, 0.2) is 11.5 Å². The van der Waals surface area contributed by atoms with Gasteiger partial charge in [0.1, 0.15) is 11.4 Å². The summed E-state index contributed by atoms with van der Waals surface area (Å²) < 4.78 is 58.7. The maximum absolute atomic E-state index is 14.7. The molecule has 32 heavy (non-hydrogen) atoms. The van der Waals surface area contributed by atoms with Crippen LogP contribution < -0.4 is 0 Å². The number of aliphatic hydroxyl groups excluding tert-OH is 1. The minimum Gasteiger partial charge on any atom is -0.504 e. The van der Waals surface area contributed by atoms with Crippen LogP contribution in [0.25, 0.3) is 22.8 Å². The fraction of sp³-hybridized carbons (Fsp3) is 0.0417. The standard InChI is InChI=1S/C24H13ClF4O3/c25-18-9-7-16(24(27,28)29)10-15(18)12-20-22(30)21(23(31)32-20)14-6-8-17(19(26)11-14)13-4-2-1-3-5-13/h1-12,30H/b20-12-. The van der Waals surface area contributed by atoms with Crippen LogP contribution in [0.1, 0.15) is 16.7 Å². The van der Waals surface area contributed by atoms with Gasteiger partial charge in [-0.15, -0.1) is 0 Å². The first kappa shape index (κ1) is 21.6. The van der Waals surface area contributed by atoms with Crippen molar-refractivity contribution in [3.63, 3.8) is 0 Å². The number of halogens is 5. The van der Waals surface area contributed by atoms with Crippen molar-refractivity contribution < 1.29 is 32.2 Å². The van der Waals surface area contributed by atoms with Crippen molar-refractivity contribution in [2.75, 3.05) is 0 Å². The van der Waals surface area contributed by atoms with Gasteiger partial charge in [-0.05, 0) is 47.0 Å². The van der Waals surface area contributed by atoms with E-state index >= 15 is 0 Å². The quantitative estimate of drug-likeness (QED) is 0.337. The summed E-state index contributed by atoms with van der Waals surface area (Å²) in [6.45, 7) is 0. The smallest absolute Gasteiger partial charge is 0.416 e. The van der Waals surface area contributed by atoms with Crippen LogP contribution in [0, 0.1) is 5.82 Å². The molecule has 0 aliphatic carbocycles. The SMILES string of the molecule is O=C1O/C(=C\c2cc(C(F)(F)F)ccc2Cl)C(O)=C1c1ccc(-c2ccccc2)c(F)c1. The van der Waals surface area contributed by atoms with Gasteiger partial charge in [0.2, 0.25) is 0 Å². The molecule has 4 rings (SSSR count). The summed E-state index contributed by atoms with van der Waals surface area (Å²) in [6.07, 6.45) is -3.59. The number of cyclic esters (lactones) is 1. The Hall–Kier alpha value is -3.58. The Kier molecular flexibility index (Phi) is 5.52. The number of esters is 1. The van der Waals surface area contributed by atoms with Gasteiger partial charge in [0, 0.05) is 10.6 Å². The molecule has 0 aromatic heterocycles. The van der Waals surface area contributed by atoms with Crippen molar-refractivity contribution in [1.82, 2.24) is 0 Å². The van der Waals surface area contributed by atoms with Crippen LogP contribution in [0.15, 0.2) is 78.2 Å². The average molecular weight is 461 g/mol. The predicted octanol–water partition coefficient (Wildman–Crippen LogP) is 7.03. The van der Waals surface area contributed by atoms with Gasteiger partial charge in [-0.2, -0.15) is 13.2 Å². The average Bonchev–Trinajstić information content (AvgIpc) is 3.02. The molecule has 0 spiro atoms. The highest BCUT2D eigenvalue weighted by molar-refractivity contribution is 6.32. The molecule has 0 fully saturated rings. The first-order chi connectivity index (χ1) is 15.1. The van der Waals surface area contributed by atoms with E-state index in [1.165, 1.54) is 12.1 Å². The van der Waals surface area contributed by atoms with Gasteiger partial charge in [-0.3, -0.25) is 0 Å². The van der Waals surface area contributed by atoms with E-state index in [2.05, 4.69) is 0 Å². The van der Waals surface area contributed by atoms with E-state index in [9.17, 15) is 27.5 Å². The number of hydrogen-bond donors (Lipinski definition) is 1. The third-order valence-corrected chi connectivity index (χ3v) is 5.17. The molecule has 162 valence electrons. The zero-order valence-electron chi connectivity index (χ0n) is 16.1. The van der Waals surface area contributed by atoms with Gasteiger partial charge in [-0.25, -0.2) is 9.18 Å². The first-order valence-corrected chi connectivity index (χ1v) is 9.62. The summed E-state index contributed by atoms with van der Waals surface area (Å²) in [5.41, 5.74) is -0.389. The number of benzene rings is 3. The molecule has 1 N–H and O–H groups in total. The van der Waals surface area contributed by atoms with E-state index in [1.54, 1.807) is 30.3 Å². The largest absolute Gasteiger partial charge is 0.504 e. The molecule has 1 heterocycles. The van der Waals surface area contributed by atoms with Crippen LogP contribution in [0.4, 0.5) is 17.6 Å². The number of hydrogen-bond acceptors (Lipinski definition) is 3. The molecule has 0 amide bonds. The summed E-state index contributed by atoms with van der Waals surface area (Å²) in [4.78, 5) is 12.3. The molecule has 1 aliphatic rings. The van der Waals surface area contributed by atoms with Crippen molar-refractivity contribution >= 4 is 29.2 Å². The minimum atomic E-state index is -4.61. The highest BCUT2D eigenvalue weighted by atomic mass is 35.5. The molecule has 0 unspecified atom stereocenters. The highest BCUT2D eigenvalue weighted by Crippen LogP contribution is 2.37. The maximum Gasteiger partial charge on any atom is 0.416 e. The highest BCUT2D eigenvalue weighted by Gasteiger charge is 2.33. The lowest BCUT2D eigenvalue weighted by atomic mass is 9.99. The molecule has 3 nitrogen and oxygen atoms in total. The molecular formula is C24H13ClF4O3. The van der Waals surface area contributed by atoms with Crippen LogP contribution >= 0.6 is 11.6 Å². The van der Waals surface area contributed by atoms with Gasteiger partial charge in [-0.1, -0.05) is 54.1 Å². The Morgan fingerprint density at radius 1 is 0.938 bits per heavy atom.